The van der Waals surface area contributed by atoms with Gasteiger partial charge in [-0.3, -0.25) is 4.79 Å². The fourth-order valence-corrected chi connectivity index (χ4v) is 2.71. The van der Waals surface area contributed by atoms with Crippen LogP contribution in [0.3, 0.4) is 0 Å². The number of carbonyl (C=O) groups excluding carboxylic acids is 1. The van der Waals surface area contributed by atoms with E-state index in [1.807, 2.05) is 50.2 Å². The maximum Gasteiger partial charge on any atom is 0.258 e. The molecule has 24 heavy (non-hydrogen) atoms. The van der Waals surface area contributed by atoms with E-state index in [0.29, 0.717) is 0 Å². The molecule has 0 aliphatic heterocycles. The molecule has 0 radical (unpaired) electrons. The van der Waals surface area contributed by atoms with Gasteiger partial charge in [-0.25, -0.2) is 0 Å². The number of carbonyl (C=O) groups is 1. The number of nitrogens with one attached hydrogen (secondary N) is 1. The molecule has 122 valence electrons. The Morgan fingerprint density at radius 1 is 1.00 bits per heavy atom. The van der Waals surface area contributed by atoms with E-state index in [0.717, 1.165) is 16.9 Å². The van der Waals surface area contributed by atoms with Gasteiger partial charge in [0.25, 0.3) is 5.91 Å². The zero-order chi connectivity index (χ0) is 16.9. The molecule has 1 N–H and O–H groups in total. The molecule has 0 saturated carbocycles. The van der Waals surface area contributed by atoms with Crippen LogP contribution >= 0.6 is 0 Å². The minimum absolute atomic E-state index is 0.0166. The van der Waals surface area contributed by atoms with Crippen LogP contribution in [0.25, 0.3) is 10.8 Å². The van der Waals surface area contributed by atoms with E-state index >= 15 is 0 Å². The van der Waals surface area contributed by atoms with E-state index in [2.05, 4.69) is 35.6 Å². The predicted molar refractivity (Wildman–Crippen MR) is 97.2 cm³/mol. The molecule has 3 heteroatoms. The fraction of sp³-hybridized carbons (Fsp3) is 0.190. The molecule has 0 aliphatic carbocycles. The Hall–Kier alpha value is -2.81. The smallest absolute Gasteiger partial charge is 0.258 e. The SMILES string of the molecule is Cc1ccccc1OCC(=O)N[C@@H](C)c1ccc2ccccc2c1. The van der Waals surface area contributed by atoms with Crippen molar-refractivity contribution in [3.8, 4) is 5.75 Å². The van der Waals surface area contributed by atoms with Gasteiger partial charge < -0.3 is 10.1 Å². The second kappa shape index (κ2) is 7.18. The normalized spacial score (nSPS) is 11.9. The van der Waals surface area contributed by atoms with E-state index < -0.39 is 0 Å². The number of para-hydroxylation sites is 1. The van der Waals surface area contributed by atoms with E-state index in [9.17, 15) is 4.79 Å². The summed E-state index contributed by atoms with van der Waals surface area (Å²) in [6, 6.07) is 22.1. The monoisotopic (exact) mass is 319 g/mol. The predicted octanol–water partition coefficient (Wildman–Crippen LogP) is 4.40. The summed E-state index contributed by atoms with van der Waals surface area (Å²) in [5.41, 5.74) is 2.10. The van der Waals surface area contributed by atoms with Crippen LogP contribution in [-0.4, -0.2) is 12.5 Å². The first-order valence-corrected chi connectivity index (χ1v) is 8.10. The van der Waals surface area contributed by atoms with Gasteiger partial charge in [-0.05, 0) is 47.9 Å². The van der Waals surface area contributed by atoms with Crippen molar-refractivity contribution in [1.82, 2.24) is 5.32 Å². The van der Waals surface area contributed by atoms with Crippen LogP contribution in [-0.2, 0) is 4.79 Å². The number of fused-ring (bicyclic) bond motifs is 1. The number of benzene rings is 3. The first-order chi connectivity index (χ1) is 11.6. The Balaban J connectivity index is 1.61. The molecule has 0 heterocycles. The summed E-state index contributed by atoms with van der Waals surface area (Å²) in [4.78, 5) is 12.1. The van der Waals surface area contributed by atoms with Gasteiger partial charge in [0.15, 0.2) is 6.61 Å². The molecular formula is C21H21NO2. The van der Waals surface area contributed by atoms with Gasteiger partial charge in [0.2, 0.25) is 0 Å². The van der Waals surface area contributed by atoms with Crippen molar-refractivity contribution in [3.05, 3.63) is 77.9 Å². The number of amides is 1. The van der Waals surface area contributed by atoms with Gasteiger partial charge >= 0.3 is 0 Å². The third kappa shape index (κ3) is 3.74. The highest BCUT2D eigenvalue weighted by Crippen LogP contribution is 2.20. The molecule has 3 aromatic rings. The van der Waals surface area contributed by atoms with Crippen LogP contribution < -0.4 is 10.1 Å². The Morgan fingerprint density at radius 3 is 2.50 bits per heavy atom. The molecule has 0 unspecified atom stereocenters. The first kappa shape index (κ1) is 16.1. The highest BCUT2D eigenvalue weighted by molar-refractivity contribution is 5.83. The van der Waals surface area contributed by atoms with Gasteiger partial charge in [0, 0.05) is 0 Å². The summed E-state index contributed by atoms with van der Waals surface area (Å²) in [6.45, 7) is 3.96. The Bertz CT molecular complexity index is 857. The van der Waals surface area contributed by atoms with Crippen molar-refractivity contribution < 1.29 is 9.53 Å². The van der Waals surface area contributed by atoms with Crippen LogP contribution in [0.1, 0.15) is 24.1 Å². The maximum absolute atomic E-state index is 12.1. The van der Waals surface area contributed by atoms with E-state index in [1.165, 1.54) is 10.8 Å². The lowest BCUT2D eigenvalue weighted by Gasteiger charge is -2.16. The molecule has 3 nitrogen and oxygen atoms in total. The van der Waals surface area contributed by atoms with Gasteiger partial charge in [-0.15, -0.1) is 0 Å². The minimum atomic E-state index is -0.126. The van der Waals surface area contributed by atoms with Crippen molar-refractivity contribution >= 4 is 16.7 Å². The topological polar surface area (TPSA) is 38.3 Å². The number of hydrogen-bond donors (Lipinski definition) is 1. The molecule has 0 saturated heterocycles. The van der Waals surface area contributed by atoms with Crippen LogP contribution in [0, 0.1) is 6.92 Å². The minimum Gasteiger partial charge on any atom is -0.484 e. The van der Waals surface area contributed by atoms with E-state index in [-0.39, 0.29) is 18.6 Å². The molecule has 0 spiro atoms. The molecule has 1 atom stereocenters. The standard InChI is InChI=1S/C21H21NO2/c1-15-7-3-6-10-20(15)24-14-21(23)22-16(2)18-12-11-17-8-4-5-9-19(17)13-18/h3-13,16H,14H2,1-2H3,(H,22,23)/t16-/m0/s1. The highest BCUT2D eigenvalue weighted by Gasteiger charge is 2.11. The summed E-state index contributed by atoms with van der Waals surface area (Å²) in [5, 5.41) is 5.36. The molecule has 3 rings (SSSR count). The zero-order valence-corrected chi connectivity index (χ0v) is 14.0. The van der Waals surface area contributed by atoms with Gasteiger partial charge in [0.05, 0.1) is 6.04 Å². The molecule has 0 aliphatic rings. The van der Waals surface area contributed by atoms with Crippen molar-refractivity contribution in [2.45, 2.75) is 19.9 Å². The average molecular weight is 319 g/mol. The molecular weight excluding hydrogens is 298 g/mol. The lowest BCUT2D eigenvalue weighted by molar-refractivity contribution is -0.123. The second-order valence-electron chi connectivity index (χ2n) is 5.95. The van der Waals surface area contributed by atoms with Crippen LogP contribution in [0.15, 0.2) is 66.7 Å². The van der Waals surface area contributed by atoms with E-state index in [1.54, 1.807) is 0 Å². The Morgan fingerprint density at radius 2 is 1.71 bits per heavy atom. The van der Waals surface area contributed by atoms with Crippen LogP contribution in [0.4, 0.5) is 0 Å². The van der Waals surface area contributed by atoms with Crippen molar-refractivity contribution in [3.63, 3.8) is 0 Å². The molecule has 0 aromatic heterocycles. The lowest BCUT2D eigenvalue weighted by Crippen LogP contribution is -2.31. The summed E-state index contributed by atoms with van der Waals surface area (Å²) in [6.07, 6.45) is 0. The van der Waals surface area contributed by atoms with Crippen molar-refractivity contribution in [2.24, 2.45) is 0 Å². The molecule has 3 aromatic carbocycles. The number of hydrogen-bond acceptors (Lipinski definition) is 2. The van der Waals surface area contributed by atoms with E-state index in [4.69, 9.17) is 4.74 Å². The first-order valence-electron chi connectivity index (χ1n) is 8.10. The fourth-order valence-electron chi connectivity index (χ4n) is 2.71. The van der Waals surface area contributed by atoms with Crippen molar-refractivity contribution in [2.75, 3.05) is 6.61 Å². The molecule has 0 bridgehead atoms. The maximum atomic E-state index is 12.1. The average Bonchev–Trinajstić information content (AvgIpc) is 2.60. The van der Waals surface area contributed by atoms with Crippen LogP contribution in [0.2, 0.25) is 0 Å². The van der Waals surface area contributed by atoms with Gasteiger partial charge in [-0.1, -0.05) is 54.6 Å². The summed E-state index contributed by atoms with van der Waals surface area (Å²) in [5.74, 6) is 0.616. The lowest BCUT2D eigenvalue weighted by atomic mass is 10.0. The van der Waals surface area contributed by atoms with Gasteiger partial charge in [-0.2, -0.15) is 0 Å². The van der Waals surface area contributed by atoms with Crippen molar-refractivity contribution in [1.29, 1.82) is 0 Å². The quantitative estimate of drug-likeness (QED) is 0.757. The highest BCUT2D eigenvalue weighted by atomic mass is 16.5. The summed E-state index contributed by atoms with van der Waals surface area (Å²) >= 11 is 0. The second-order valence-corrected chi connectivity index (χ2v) is 5.95. The largest absolute Gasteiger partial charge is 0.484 e. The number of ether oxygens (including phenoxy) is 1. The molecule has 1 amide bonds. The number of aryl methyl sites for hydroxylation is 1. The Labute approximate surface area is 142 Å². The van der Waals surface area contributed by atoms with Gasteiger partial charge in [0.1, 0.15) is 5.75 Å². The Kier molecular flexibility index (Phi) is 4.80. The summed E-state index contributed by atoms with van der Waals surface area (Å²) in [7, 11) is 0. The van der Waals surface area contributed by atoms with Crippen LogP contribution in [0.5, 0.6) is 5.75 Å². The third-order valence-corrected chi connectivity index (χ3v) is 4.10. The third-order valence-electron chi connectivity index (χ3n) is 4.10. The molecule has 0 fully saturated rings. The zero-order valence-electron chi connectivity index (χ0n) is 14.0. The summed E-state index contributed by atoms with van der Waals surface area (Å²) < 4.78 is 5.59. The number of rotatable bonds is 5.